The minimum absolute atomic E-state index is 0.288. The summed E-state index contributed by atoms with van der Waals surface area (Å²) in [7, 11) is 0. The molecule has 1 N–H and O–H groups in total. The molecule has 0 radical (unpaired) electrons. The van der Waals surface area contributed by atoms with Gasteiger partial charge < -0.3 is 5.11 Å². The average molecular weight is 225 g/mol. The van der Waals surface area contributed by atoms with E-state index in [2.05, 4.69) is 11.9 Å². The number of aryl methyl sites for hydroxylation is 2. The van der Waals surface area contributed by atoms with Crippen LogP contribution in [0.2, 0.25) is 0 Å². The lowest BCUT2D eigenvalue weighted by Gasteiger charge is -2.02. The van der Waals surface area contributed by atoms with Crippen LogP contribution < -0.4 is 0 Å². The summed E-state index contributed by atoms with van der Waals surface area (Å²) in [6.07, 6.45) is 7.25. The quantitative estimate of drug-likeness (QED) is 0.854. The lowest BCUT2D eigenvalue weighted by molar-refractivity contribution is 0.289. The zero-order chi connectivity index (χ0) is 10.7. The first kappa shape index (κ1) is 11.1. The molecule has 1 fully saturated rings. The second-order valence-electron chi connectivity index (χ2n) is 4.37. The summed E-state index contributed by atoms with van der Waals surface area (Å²) in [5, 5.41) is 10.2. The van der Waals surface area contributed by atoms with Gasteiger partial charge in [-0.25, -0.2) is 4.98 Å². The first-order valence-electron chi connectivity index (χ1n) is 5.88. The molecule has 0 aliphatic heterocycles. The summed E-state index contributed by atoms with van der Waals surface area (Å²) in [5.41, 5.74) is 1.19. The third-order valence-corrected chi connectivity index (χ3v) is 4.56. The van der Waals surface area contributed by atoms with Gasteiger partial charge in [0, 0.05) is 17.4 Å². The fraction of sp³-hybridized carbons (Fsp3) is 0.750. The van der Waals surface area contributed by atoms with E-state index in [1.165, 1.54) is 41.3 Å². The van der Waals surface area contributed by atoms with Crippen molar-refractivity contribution >= 4 is 11.3 Å². The fourth-order valence-electron chi connectivity index (χ4n) is 2.27. The molecule has 1 aliphatic rings. The molecule has 1 aromatic rings. The SMILES string of the molecule is Cc1nc(C2CCCC2)sc1CCCO. The van der Waals surface area contributed by atoms with Crippen molar-refractivity contribution in [2.75, 3.05) is 6.61 Å². The van der Waals surface area contributed by atoms with Gasteiger partial charge in [0.1, 0.15) is 0 Å². The first-order chi connectivity index (χ1) is 7.31. The van der Waals surface area contributed by atoms with E-state index in [9.17, 15) is 0 Å². The van der Waals surface area contributed by atoms with Crippen molar-refractivity contribution in [2.24, 2.45) is 0 Å². The van der Waals surface area contributed by atoms with E-state index in [0.717, 1.165) is 18.8 Å². The number of aliphatic hydroxyl groups is 1. The Hall–Kier alpha value is -0.410. The van der Waals surface area contributed by atoms with Crippen molar-refractivity contribution in [2.45, 2.75) is 51.4 Å². The Balaban J connectivity index is 2.06. The molecule has 2 nitrogen and oxygen atoms in total. The van der Waals surface area contributed by atoms with Crippen LogP contribution in [0.5, 0.6) is 0 Å². The zero-order valence-corrected chi connectivity index (χ0v) is 10.1. The molecule has 2 rings (SSSR count). The largest absolute Gasteiger partial charge is 0.396 e. The number of rotatable bonds is 4. The molecule has 0 bridgehead atoms. The Bertz CT molecular complexity index is 315. The van der Waals surface area contributed by atoms with Crippen LogP contribution in [0.3, 0.4) is 0 Å². The molecule has 84 valence electrons. The van der Waals surface area contributed by atoms with Gasteiger partial charge in [0.25, 0.3) is 0 Å². The van der Waals surface area contributed by atoms with Crippen LogP contribution in [-0.4, -0.2) is 16.7 Å². The highest BCUT2D eigenvalue weighted by Crippen LogP contribution is 2.37. The highest BCUT2D eigenvalue weighted by Gasteiger charge is 2.21. The van der Waals surface area contributed by atoms with Gasteiger partial charge in [-0.05, 0) is 32.6 Å². The minimum atomic E-state index is 0.288. The van der Waals surface area contributed by atoms with Gasteiger partial charge in [-0.1, -0.05) is 12.8 Å². The monoisotopic (exact) mass is 225 g/mol. The molecule has 0 unspecified atom stereocenters. The van der Waals surface area contributed by atoms with Gasteiger partial charge >= 0.3 is 0 Å². The van der Waals surface area contributed by atoms with Crippen LogP contribution in [0, 0.1) is 6.92 Å². The second kappa shape index (κ2) is 5.08. The average Bonchev–Trinajstić information content (AvgIpc) is 2.83. The number of nitrogens with zero attached hydrogens (tertiary/aromatic N) is 1. The van der Waals surface area contributed by atoms with E-state index in [1.807, 2.05) is 11.3 Å². The highest BCUT2D eigenvalue weighted by molar-refractivity contribution is 7.11. The summed E-state index contributed by atoms with van der Waals surface area (Å²) in [4.78, 5) is 6.06. The Kier molecular flexibility index (Phi) is 3.76. The number of aromatic nitrogens is 1. The van der Waals surface area contributed by atoms with E-state index in [0.29, 0.717) is 0 Å². The Morgan fingerprint density at radius 3 is 2.80 bits per heavy atom. The van der Waals surface area contributed by atoms with Gasteiger partial charge in [0.15, 0.2) is 0 Å². The van der Waals surface area contributed by atoms with E-state index in [1.54, 1.807) is 0 Å². The molecule has 1 saturated carbocycles. The summed E-state index contributed by atoms with van der Waals surface area (Å²) < 4.78 is 0. The second-order valence-corrected chi connectivity index (χ2v) is 5.48. The van der Waals surface area contributed by atoms with Crippen LogP contribution >= 0.6 is 11.3 Å². The van der Waals surface area contributed by atoms with Crippen molar-refractivity contribution in [1.29, 1.82) is 0 Å². The predicted octanol–water partition coefficient (Wildman–Crippen LogP) is 3.03. The van der Waals surface area contributed by atoms with Gasteiger partial charge in [0.05, 0.1) is 10.7 Å². The number of thiazole rings is 1. The van der Waals surface area contributed by atoms with E-state index in [4.69, 9.17) is 5.11 Å². The van der Waals surface area contributed by atoms with Gasteiger partial charge in [-0.2, -0.15) is 0 Å². The molecular formula is C12H19NOS. The topological polar surface area (TPSA) is 33.1 Å². The molecule has 15 heavy (non-hydrogen) atoms. The lowest BCUT2D eigenvalue weighted by Crippen LogP contribution is -1.90. The number of hydrogen-bond acceptors (Lipinski definition) is 3. The van der Waals surface area contributed by atoms with Crippen molar-refractivity contribution in [3.05, 3.63) is 15.6 Å². The van der Waals surface area contributed by atoms with Crippen LogP contribution in [0.15, 0.2) is 0 Å². The molecule has 0 amide bonds. The molecule has 1 heterocycles. The maximum Gasteiger partial charge on any atom is 0.0961 e. The Morgan fingerprint density at radius 2 is 2.13 bits per heavy atom. The van der Waals surface area contributed by atoms with Crippen molar-refractivity contribution in [3.63, 3.8) is 0 Å². The molecule has 0 saturated heterocycles. The maximum atomic E-state index is 8.82. The van der Waals surface area contributed by atoms with Gasteiger partial charge in [-0.15, -0.1) is 11.3 Å². The minimum Gasteiger partial charge on any atom is -0.396 e. The first-order valence-corrected chi connectivity index (χ1v) is 6.70. The summed E-state index contributed by atoms with van der Waals surface area (Å²) >= 11 is 1.87. The van der Waals surface area contributed by atoms with Crippen molar-refractivity contribution in [1.82, 2.24) is 4.98 Å². The van der Waals surface area contributed by atoms with Crippen LogP contribution in [-0.2, 0) is 6.42 Å². The Morgan fingerprint density at radius 1 is 1.40 bits per heavy atom. The molecule has 1 aliphatic carbocycles. The summed E-state index contributed by atoms with van der Waals surface area (Å²) in [6, 6.07) is 0. The highest BCUT2D eigenvalue weighted by atomic mass is 32.1. The van der Waals surface area contributed by atoms with Gasteiger partial charge in [-0.3, -0.25) is 0 Å². The predicted molar refractivity (Wildman–Crippen MR) is 63.5 cm³/mol. The standard InChI is InChI=1S/C12H19NOS/c1-9-11(7-4-8-14)15-12(13-9)10-5-2-3-6-10/h10,14H,2-8H2,1H3. The molecular weight excluding hydrogens is 206 g/mol. The molecule has 0 spiro atoms. The lowest BCUT2D eigenvalue weighted by atomic mass is 10.1. The van der Waals surface area contributed by atoms with E-state index < -0.39 is 0 Å². The molecule has 0 aromatic carbocycles. The summed E-state index contributed by atoms with van der Waals surface area (Å²) in [6.45, 7) is 2.39. The Labute approximate surface area is 95.4 Å². The van der Waals surface area contributed by atoms with Crippen LogP contribution in [0.25, 0.3) is 0 Å². The fourth-order valence-corrected chi connectivity index (χ4v) is 3.55. The van der Waals surface area contributed by atoms with E-state index in [-0.39, 0.29) is 6.61 Å². The normalized spacial score (nSPS) is 17.5. The summed E-state index contributed by atoms with van der Waals surface area (Å²) in [5.74, 6) is 0.733. The van der Waals surface area contributed by atoms with Crippen molar-refractivity contribution in [3.8, 4) is 0 Å². The maximum absolute atomic E-state index is 8.82. The van der Waals surface area contributed by atoms with E-state index >= 15 is 0 Å². The molecule has 3 heteroatoms. The van der Waals surface area contributed by atoms with Crippen molar-refractivity contribution < 1.29 is 5.11 Å². The zero-order valence-electron chi connectivity index (χ0n) is 9.33. The van der Waals surface area contributed by atoms with Gasteiger partial charge in [0.2, 0.25) is 0 Å². The third-order valence-electron chi connectivity index (χ3n) is 3.18. The smallest absolute Gasteiger partial charge is 0.0961 e. The van der Waals surface area contributed by atoms with Crippen LogP contribution in [0.4, 0.5) is 0 Å². The number of hydrogen-bond donors (Lipinski definition) is 1. The molecule has 1 aromatic heterocycles. The molecule has 0 atom stereocenters. The van der Waals surface area contributed by atoms with Crippen LogP contribution in [0.1, 0.15) is 53.6 Å². The third kappa shape index (κ3) is 2.58. The number of aliphatic hydroxyl groups excluding tert-OH is 1.